The lowest BCUT2D eigenvalue weighted by Crippen LogP contribution is -2.63. The van der Waals surface area contributed by atoms with Gasteiger partial charge in [-0.15, -0.1) is 0 Å². The molecule has 0 aromatic heterocycles. The Balaban J connectivity index is 1.12. The number of rotatable bonds is 24. The highest BCUT2D eigenvalue weighted by atomic mass is 19.2. The Kier molecular flexibility index (Phi) is 18.8. The quantitative estimate of drug-likeness (QED) is 0.0295. The highest BCUT2D eigenvalue weighted by molar-refractivity contribution is 5.76. The van der Waals surface area contributed by atoms with E-state index in [2.05, 4.69) is 20.7 Å². The summed E-state index contributed by atoms with van der Waals surface area (Å²) in [4.78, 5) is 59.4. The van der Waals surface area contributed by atoms with Crippen LogP contribution in [0.25, 0.3) is 0 Å². The largest absolute Gasteiger partial charge is 0.509 e. The summed E-state index contributed by atoms with van der Waals surface area (Å²) < 4.78 is 92.9. The van der Waals surface area contributed by atoms with E-state index in [0.717, 1.165) is 32.1 Å². The minimum atomic E-state index is -2.33. The van der Waals surface area contributed by atoms with Gasteiger partial charge in [0.05, 0.1) is 6.61 Å². The Morgan fingerprint density at radius 3 is 1.74 bits per heavy atom. The first kappa shape index (κ1) is 44.3. The predicted molar refractivity (Wildman–Crippen MR) is 177 cm³/mol. The molecule has 0 spiro atoms. The Bertz CT molecular complexity index is 1410. The summed E-state index contributed by atoms with van der Waals surface area (Å²) in [5.41, 5.74) is 0. The number of aliphatic hydroxyl groups is 1. The van der Waals surface area contributed by atoms with Crippen LogP contribution in [0.4, 0.5) is 26.7 Å². The molecule has 0 aliphatic carbocycles. The predicted octanol–water partition coefficient (Wildman–Crippen LogP) is 4.12. The zero-order chi connectivity index (χ0) is 39.6. The van der Waals surface area contributed by atoms with Gasteiger partial charge in [0.1, 0.15) is 12.1 Å². The number of unbranched alkanes of at least 4 members (excludes halogenated alkanes) is 8. The number of nitrogens with one attached hydrogen (secondary N) is 3. The van der Waals surface area contributed by atoms with E-state index >= 15 is 0 Å². The molecule has 4 N–H and O–H groups in total. The Hall–Kier alpha value is -4.10. The SMILES string of the molecule is CC(=O)N[C@H]1[C@H](OCCCCC(=O)NCCCNC(=O)CCCCCCCCCCC(=O)Oc2c(F)c(F)c(F)c(F)c2F)O[C@H](CO)[C@@H]2OC(=O)O[C@H]12. The van der Waals surface area contributed by atoms with Crippen LogP contribution in [0, 0.1) is 29.1 Å². The minimum absolute atomic E-state index is 0.0822. The summed E-state index contributed by atoms with van der Waals surface area (Å²) in [6.45, 7) is 1.82. The average Bonchev–Trinajstić information content (AvgIpc) is 3.54. The Morgan fingerprint density at radius 2 is 1.19 bits per heavy atom. The third kappa shape index (κ3) is 14.0. The van der Waals surface area contributed by atoms with Crippen molar-refractivity contribution in [1.82, 2.24) is 16.0 Å². The van der Waals surface area contributed by atoms with Crippen molar-refractivity contribution in [3.05, 3.63) is 29.1 Å². The molecule has 0 radical (unpaired) electrons. The fourth-order valence-electron chi connectivity index (χ4n) is 5.88. The number of carbonyl (C=O) groups excluding carboxylic acids is 5. The first-order valence-electron chi connectivity index (χ1n) is 18.1. The lowest BCUT2D eigenvalue weighted by atomic mass is 9.97. The number of carbonyl (C=O) groups is 5. The molecule has 2 aliphatic heterocycles. The van der Waals surface area contributed by atoms with Crippen molar-refractivity contribution in [3.8, 4) is 5.75 Å². The number of aliphatic hydroxyl groups excluding tert-OH is 1. The first-order valence-corrected chi connectivity index (χ1v) is 18.1. The van der Waals surface area contributed by atoms with Crippen LogP contribution < -0.4 is 20.7 Å². The van der Waals surface area contributed by atoms with Gasteiger partial charge in [0.2, 0.25) is 52.6 Å². The van der Waals surface area contributed by atoms with E-state index in [-0.39, 0.29) is 31.3 Å². The summed E-state index contributed by atoms with van der Waals surface area (Å²) in [5.74, 6) is -14.4. The van der Waals surface area contributed by atoms with E-state index in [1.807, 2.05) is 0 Å². The lowest BCUT2D eigenvalue weighted by Gasteiger charge is -2.40. The van der Waals surface area contributed by atoms with Gasteiger partial charge in [-0.3, -0.25) is 19.2 Å². The molecule has 5 atom stereocenters. The molecule has 54 heavy (non-hydrogen) atoms. The maximum atomic E-state index is 13.6. The van der Waals surface area contributed by atoms with Crippen LogP contribution in [-0.2, 0) is 38.1 Å². The van der Waals surface area contributed by atoms with Gasteiger partial charge in [0.25, 0.3) is 0 Å². The summed E-state index contributed by atoms with van der Waals surface area (Å²) in [6.07, 6.45) is 3.25. The molecule has 1 aromatic carbocycles. The Morgan fingerprint density at radius 1 is 0.685 bits per heavy atom. The lowest BCUT2D eigenvalue weighted by molar-refractivity contribution is -0.250. The normalized spacial score (nSPS) is 20.4. The zero-order valence-corrected chi connectivity index (χ0v) is 30.0. The summed E-state index contributed by atoms with van der Waals surface area (Å²) in [5, 5.41) is 17.9. The van der Waals surface area contributed by atoms with Gasteiger partial charge >= 0.3 is 12.1 Å². The highest BCUT2D eigenvalue weighted by Crippen LogP contribution is 2.32. The number of fused-ring (bicyclic) bond motifs is 1. The van der Waals surface area contributed by atoms with Crippen LogP contribution in [0.15, 0.2) is 0 Å². The molecule has 3 rings (SSSR count). The number of esters is 1. The Labute approximate surface area is 309 Å². The average molecular weight is 782 g/mol. The molecule has 14 nitrogen and oxygen atoms in total. The van der Waals surface area contributed by atoms with Crippen molar-refractivity contribution in [2.45, 2.75) is 127 Å². The summed E-state index contributed by atoms with van der Waals surface area (Å²) >= 11 is 0. The molecule has 3 amide bonds. The van der Waals surface area contributed by atoms with Gasteiger partial charge in [0.15, 0.2) is 18.5 Å². The molecule has 2 saturated heterocycles. The van der Waals surface area contributed by atoms with Crippen LogP contribution in [0.3, 0.4) is 0 Å². The van der Waals surface area contributed by atoms with Crippen molar-refractivity contribution in [2.24, 2.45) is 0 Å². The number of halogens is 5. The van der Waals surface area contributed by atoms with E-state index in [1.165, 1.54) is 6.92 Å². The molecule has 1 aromatic rings. The van der Waals surface area contributed by atoms with Crippen LogP contribution >= 0.6 is 0 Å². The van der Waals surface area contributed by atoms with E-state index in [0.29, 0.717) is 58.0 Å². The highest BCUT2D eigenvalue weighted by Gasteiger charge is 2.54. The molecule has 2 aliphatic rings. The molecule has 2 fully saturated rings. The molecule has 19 heteroatoms. The van der Waals surface area contributed by atoms with Crippen molar-refractivity contribution in [1.29, 1.82) is 0 Å². The molecule has 0 unspecified atom stereocenters. The second-order valence-corrected chi connectivity index (χ2v) is 12.9. The summed E-state index contributed by atoms with van der Waals surface area (Å²) in [6, 6.07) is -0.842. The zero-order valence-electron chi connectivity index (χ0n) is 30.0. The van der Waals surface area contributed by atoms with Gasteiger partial charge in [0, 0.05) is 45.9 Å². The maximum absolute atomic E-state index is 13.6. The van der Waals surface area contributed by atoms with Gasteiger partial charge in [-0.2, -0.15) is 8.78 Å². The first-order chi connectivity index (χ1) is 25.8. The smallest absolute Gasteiger partial charge is 0.424 e. The number of ether oxygens (including phenoxy) is 5. The maximum Gasteiger partial charge on any atom is 0.509 e. The number of hydrogen-bond donors (Lipinski definition) is 4. The van der Waals surface area contributed by atoms with Crippen molar-refractivity contribution in [3.63, 3.8) is 0 Å². The minimum Gasteiger partial charge on any atom is -0.424 e. The van der Waals surface area contributed by atoms with E-state index in [1.54, 1.807) is 0 Å². The van der Waals surface area contributed by atoms with Gasteiger partial charge < -0.3 is 44.7 Å². The van der Waals surface area contributed by atoms with Crippen LogP contribution in [0.1, 0.15) is 96.8 Å². The standard InChI is InChI=1S/C35H48F5N3O11/c1-20(45)43-30-33-31(53-35(49)54-33)21(19-44)51-34(30)50-18-11-10-14-23(47)42-17-12-16-41-22(46)13-8-6-4-2-3-5-7-9-15-24(48)52-32-28(39)26(37)25(36)27(38)29(32)40/h21,30-31,33-34,44H,2-19H2,1H3,(H,41,46)(H,42,47)(H,43,45)/t21-,30-,31+,33-,34-/m1/s1. The van der Waals surface area contributed by atoms with E-state index in [4.69, 9.17) is 18.9 Å². The second-order valence-electron chi connectivity index (χ2n) is 12.9. The molecule has 0 bridgehead atoms. The molecular formula is C35H48F5N3O11. The number of amides is 3. The van der Waals surface area contributed by atoms with E-state index < -0.39 is 90.1 Å². The number of benzene rings is 1. The fourth-order valence-corrected chi connectivity index (χ4v) is 5.88. The molecule has 2 heterocycles. The van der Waals surface area contributed by atoms with Gasteiger partial charge in [-0.05, 0) is 32.1 Å². The molecule has 0 saturated carbocycles. The van der Waals surface area contributed by atoms with Crippen molar-refractivity contribution >= 4 is 29.8 Å². The van der Waals surface area contributed by atoms with Crippen molar-refractivity contribution < 1.29 is 74.7 Å². The molecule has 304 valence electrons. The van der Waals surface area contributed by atoms with Gasteiger partial charge in [-0.25, -0.2) is 18.0 Å². The fraction of sp³-hybridized carbons (Fsp3) is 0.686. The van der Waals surface area contributed by atoms with Crippen LogP contribution in [0.5, 0.6) is 5.75 Å². The second kappa shape index (κ2) is 23.0. The van der Waals surface area contributed by atoms with Crippen LogP contribution in [0.2, 0.25) is 0 Å². The molecular weight excluding hydrogens is 733 g/mol. The van der Waals surface area contributed by atoms with E-state index in [9.17, 15) is 51.0 Å². The monoisotopic (exact) mass is 781 g/mol. The topological polar surface area (TPSA) is 188 Å². The number of hydrogen-bond acceptors (Lipinski definition) is 11. The van der Waals surface area contributed by atoms with Gasteiger partial charge in [-0.1, -0.05) is 38.5 Å². The third-order valence-corrected chi connectivity index (χ3v) is 8.66. The van der Waals surface area contributed by atoms with Crippen molar-refractivity contribution in [2.75, 3.05) is 26.3 Å². The summed E-state index contributed by atoms with van der Waals surface area (Å²) in [7, 11) is 0. The third-order valence-electron chi connectivity index (χ3n) is 8.66. The van der Waals surface area contributed by atoms with Crippen LogP contribution in [-0.4, -0.2) is 91.9 Å².